The average molecular weight is 1320 g/mol. The lowest BCUT2D eigenvalue weighted by Gasteiger charge is -2.28. The molecule has 2 aromatic carbocycles. The average Bonchev–Trinajstić information content (AvgIpc) is 1.17. The van der Waals surface area contributed by atoms with E-state index in [1.807, 2.05) is 13.8 Å². The number of unbranched alkanes of at least 4 members (excludes halogenated alkanes) is 6. The minimum atomic E-state index is -1.29. The maximum Gasteiger partial charge on any atom is 0.326 e. The van der Waals surface area contributed by atoms with Crippen molar-refractivity contribution in [3.63, 3.8) is 0 Å². The Morgan fingerprint density at radius 3 is 1.04 bits per heavy atom. The molecule has 0 fully saturated rings. The van der Waals surface area contributed by atoms with Gasteiger partial charge in [0, 0.05) is 6.42 Å². The van der Waals surface area contributed by atoms with Crippen molar-refractivity contribution in [2.45, 2.75) is 203 Å². The van der Waals surface area contributed by atoms with Crippen molar-refractivity contribution in [1.29, 1.82) is 0 Å². The molecule has 528 valence electrons. The second kappa shape index (κ2) is 47.9. The molecule has 26 N–H and O–H groups in total. The molecule has 9 atom stereocenters. The molecule has 0 heterocycles. The van der Waals surface area contributed by atoms with E-state index < -0.39 is 133 Å². The first kappa shape index (κ1) is 82.2. The number of phenolic OH excluding ortho intramolecular Hbond substituents is 1. The van der Waals surface area contributed by atoms with Crippen LogP contribution in [0.15, 0.2) is 54.6 Å². The third-order valence-electron chi connectivity index (χ3n) is 15.3. The van der Waals surface area contributed by atoms with Crippen LogP contribution in [0.5, 0.6) is 5.75 Å². The lowest BCUT2D eigenvalue weighted by molar-refractivity contribution is -0.142. The van der Waals surface area contributed by atoms with Crippen LogP contribution in [0.25, 0.3) is 0 Å². The molecule has 0 bridgehead atoms. The Balaban J connectivity index is 2.41. The van der Waals surface area contributed by atoms with Gasteiger partial charge in [0.2, 0.25) is 59.1 Å². The van der Waals surface area contributed by atoms with Gasteiger partial charge in [0.1, 0.15) is 54.1 Å². The molecular formula is C64H109N17O13. The monoisotopic (exact) mass is 1320 g/mol. The Hall–Kier alpha value is -7.87. The standard InChI is InChI=1S/C64H109N17O13/c1-41(2)36-52(81-63(92)53(38-42-18-4-3-5-19-42)74-55(84)40-72-54(83)39-73-56(85)45(71)37-43-26-28-44(82)29-27-43)62(91)79-49(23-9-15-33-68)60(89)77-47(21-7-13-31-66)58(87)75-46(20-6-12-30-65)57(86)76-48(22-8-14-32-67)59(88)78-50(24-10-16-34-69)61(90)80-51(64(93)94)25-11-17-35-70/h3-5,18-19,26-29,41,45-53,82H,6-17,20-25,30-40,65-71H2,1-2H3,(H,72,83)(H,73,85)(H,74,84)(H,75,87)(H,76,86)(H,77,89)(H,78,88)(H,79,91)(H,80,90)(H,81,92)(H,93,94)/t45-,46-,47-,48-,49-,50-,51-,52-,53-/m0/s1. The molecule has 0 unspecified atom stereocenters. The zero-order valence-corrected chi connectivity index (χ0v) is 54.9. The minimum absolute atomic E-state index is 0.0412. The van der Waals surface area contributed by atoms with Crippen LogP contribution >= 0.6 is 0 Å². The molecular weight excluding hydrogens is 1210 g/mol. The number of benzene rings is 2. The number of rotatable bonds is 51. The molecule has 0 aliphatic carbocycles. The molecule has 0 aliphatic heterocycles. The van der Waals surface area contributed by atoms with E-state index >= 15 is 0 Å². The fourth-order valence-corrected chi connectivity index (χ4v) is 9.99. The number of phenols is 1. The minimum Gasteiger partial charge on any atom is -0.508 e. The number of amides is 10. The van der Waals surface area contributed by atoms with E-state index in [1.54, 1.807) is 42.5 Å². The third-order valence-corrected chi connectivity index (χ3v) is 15.3. The molecule has 0 saturated carbocycles. The zero-order valence-electron chi connectivity index (χ0n) is 54.9. The van der Waals surface area contributed by atoms with Crippen LogP contribution in [-0.2, 0) is 65.6 Å². The maximum atomic E-state index is 14.6. The number of aliphatic carboxylic acids is 1. The van der Waals surface area contributed by atoms with E-state index in [-0.39, 0.29) is 95.6 Å². The lowest BCUT2D eigenvalue weighted by atomic mass is 10.00. The van der Waals surface area contributed by atoms with E-state index in [0.29, 0.717) is 101 Å². The number of carbonyl (C=O) groups excluding carboxylic acids is 10. The summed E-state index contributed by atoms with van der Waals surface area (Å²) in [4.78, 5) is 151. The van der Waals surface area contributed by atoms with Crippen LogP contribution in [0.3, 0.4) is 0 Å². The molecule has 10 amide bonds. The van der Waals surface area contributed by atoms with Crippen molar-refractivity contribution in [1.82, 2.24) is 53.2 Å². The lowest BCUT2D eigenvalue weighted by Crippen LogP contribution is -2.60. The fraction of sp³-hybridized carbons (Fsp3) is 0.641. The first-order valence-electron chi connectivity index (χ1n) is 33.0. The van der Waals surface area contributed by atoms with E-state index in [4.69, 9.17) is 40.1 Å². The van der Waals surface area contributed by atoms with Crippen LogP contribution < -0.4 is 93.3 Å². The number of hydrogen-bond acceptors (Lipinski definition) is 19. The third kappa shape index (κ3) is 34.3. The summed E-state index contributed by atoms with van der Waals surface area (Å²) in [6.45, 7) is 4.17. The number of aromatic hydroxyl groups is 1. The van der Waals surface area contributed by atoms with Gasteiger partial charge in [-0.1, -0.05) is 56.3 Å². The van der Waals surface area contributed by atoms with Crippen LogP contribution in [0.4, 0.5) is 0 Å². The summed E-state index contributed by atoms with van der Waals surface area (Å²) < 4.78 is 0. The number of carboxylic acid groups (broad SMARTS) is 1. The highest BCUT2D eigenvalue weighted by molar-refractivity contribution is 5.98. The van der Waals surface area contributed by atoms with Crippen molar-refractivity contribution in [3.05, 3.63) is 65.7 Å². The molecule has 2 rings (SSSR count). The first-order chi connectivity index (χ1) is 45.0. The second-order valence-electron chi connectivity index (χ2n) is 23.9. The molecule has 30 nitrogen and oxygen atoms in total. The van der Waals surface area contributed by atoms with E-state index in [9.17, 15) is 63.0 Å². The van der Waals surface area contributed by atoms with E-state index in [2.05, 4.69) is 53.2 Å². The number of hydrogen-bond donors (Lipinski definition) is 19. The largest absolute Gasteiger partial charge is 0.508 e. The number of carbonyl (C=O) groups is 11. The van der Waals surface area contributed by atoms with Crippen molar-refractivity contribution >= 4 is 65.0 Å². The Morgan fingerprint density at radius 2 is 0.681 bits per heavy atom. The highest BCUT2D eigenvalue weighted by Gasteiger charge is 2.35. The van der Waals surface area contributed by atoms with Gasteiger partial charge in [-0.2, -0.15) is 0 Å². The van der Waals surface area contributed by atoms with Crippen molar-refractivity contribution in [3.8, 4) is 5.75 Å². The van der Waals surface area contributed by atoms with Gasteiger partial charge in [0.25, 0.3) is 0 Å². The Labute approximate surface area is 552 Å². The highest BCUT2D eigenvalue weighted by Crippen LogP contribution is 2.15. The summed E-state index contributed by atoms with van der Waals surface area (Å²) in [6, 6.07) is 3.67. The summed E-state index contributed by atoms with van der Waals surface area (Å²) in [5, 5.41) is 46.0. The van der Waals surface area contributed by atoms with Gasteiger partial charge in [0.15, 0.2) is 0 Å². The van der Waals surface area contributed by atoms with Gasteiger partial charge in [-0.25, -0.2) is 4.79 Å². The normalized spacial score (nSPS) is 14.0. The smallest absolute Gasteiger partial charge is 0.326 e. The first-order valence-corrected chi connectivity index (χ1v) is 33.0. The Kier molecular flexibility index (Phi) is 41.9. The molecule has 2 aromatic rings. The van der Waals surface area contributed by atoms with Crippen molar-refractivity contribution in [2.75, 3.05) is 52.4 Å². The van der Waals surface area contributed by atoms with Crippen LogP contribution in [0.1, 0.15) is 147 Å². The topological polar surface area (TPSA) is 531 Å². The molecule has 0 aromatic heterocycles. The highest BCUT2D eigenvalue weighted by atomic mass is 16.4. The zero-order chi connectivity index (χ0) is 69.8. The van der Waals surface area contributed by atoms with Gasteiger partial charge in [0.05, 0.1) is 19.1 Å². The van der Waals surface area contributed by atoms with Crippen LogP contribution in [-0.4, -0.2) is 182 Å². The van der Waals surface area contributed by atoms with Gasteiger partial charge >= 0.3 is 5.97 Å². The predicted molar refractivity (Wildman–Crippen MR) is 356 cm³/mol. The Morgan fingerprint density at radius 1 is 0.362 bits per heavy atom. The van der Waals surface area contributed by atoms with E-state index in [1.165, 1.54) is 12.1 Å². The number of carboxylic acids is 1. The SMILES string of the molecule is CC(C)C[C@H](NC(=O)[C@H](Cc1ccccc1)NC(=O)CNC(=O)CNC(=O)[C@@H](N)Cc1ccc(O)cc1)C(=O)N[C@@H](CCCCN)C(=O)N[C@@H](CCCCN)C(=O)N[C@@H](CCCCN)C(=O)N[C@@H](CCCCN)C(=O)N[C@@H](CCCCN)C(=O)N[C@@H](CCCCN)C(=O)O. The second-order valence-corrected chi connectivity index (χ2v) is 23.9. The Bertz CT molecular complexity index is 2620. The molecule has 0 spiro atoms. The molecule has 0 aliphatic rings. The van der Waals surface area contributed by atoms with Gasteiger partial charge in [-0.15, -0.1) is 0 Å². The van der Waals surface area contributed by atoms with Crippen molar-refractivity contribution in [2.24, 2.45) is 46.1 Å². The van der Waals surface area contributed by atoms with Crippen molar-refractivity contribution < 1.29 is 63.0 Å². The maximum absolute atomic E-state index is 14.6. The van der Waals surface area contributed by atoms with Gasteiger partial charge < -0.3 is 104 Å². The molecule has 94 heavy (non-hydrogen) atoms. The summed E-state index contributed by atoms with van der Waals surface area (Å²) in [5.74, 6) is -8.84. The van der Waals surface area contributed by atoms with E-state index in [0.717, 1.165) is 0 Å². The fourth-order valence-electron chi connectivity index (χ4n) is 9.99. The predicted octanol–water partition coefficient (Wildman–Crippen LogP) is -2.48. The summed E-state index contributed by atoms with van der Waals surface area (Å²) in [5.41, 5.74) is 42.0. The number of nitrogens with two attached hydrogens (primary N) is 7. The molecule has 0 radical (unpaired) electrons. The number of nitrogens with one attached hydrogen (secondary N) is 10. The summed E-state index contributed by atoms with van der Waals surface area (Å²) >= 11 is 0. The van der Waals surface area contributed by atoms with Gasteiger partial charge in [-0.3, -0.25) is 47.9 Å². The quantitative estimate of drug-likeness (QED) is 0.0305. The van der Waals surface area contributed by atoms with Crippen LogP contribution in [0.2, 0.25) is 0 Å². The summed E-state index contributed by atoms with van der Waals surface area (Å²) in [7, 11) is 0. The van der Waals surface area contributed by atoms with Gasteiger partial charge in [-0.05, 0) is 197 Å². The summed E-state index contributed by atoms with van der Waals surface area (Å²) in [6.07, 6.45) is 5.69. The van der Waals surface area contributed by atoms with Crippen LogP contribution in [0, 0.1) is 5.92 Å². The molecule has 0 saturated heterocycles. The molecule has 30 heteroatoms.